The Bertz CT molecular complexity index is 860. The molecule has 0 aliphatic carbocycles. The first kappa shape index (κ1) is 17.9. The van der Waals surface area contributed by atoms with Gasteiger partial charge in [-0.2, -0.15) is 0 Å². The second-order valence-corrected chi connectivity index (χ2v) is 6.20. The molecule has 1 atom stereocenters. The van der Waals surface area contributed by atoms with Crippen LogP contribution in [0.1, 0.15) is 5.56 Å². The van der Waals surface area contributed by atoms with Crippen LogP contribution >= 0.6 is 11.6 Å². The smallest absolute Gasteiger partial charge is 0.325 e. The third kappa shape index (κ3) is 4.00. The van der Waals surface area contributed by atoms with Crippen molar-refractivity contribution in [2.75, 3.05) is 11.9 Å². The van der Waals surface area contributed by atoms with Gasteiger partial charge < -0.3 is 10.6 Å². The number of halogens is 2. The highest BCUT2D eigenvalue weighted by Gasteiger charge is 2.38. The van der Waals surface area contributed by atoms with E-state index in [0.29, 0.717) is 6.42 Å². The molecular weight excluding hydrogens is 361 g/mol. The van der Waals surface area contributed by atoms with Gasteiger partial charge in [-0.15, -0.1) is 0 Å². The Hall–Kier alpha value is -2.93. The van der Waals surface area contributed by atoms with Gasteiger partial charge in [-0.25, -0.2) is 9.18 Å². The van der Waals surface area contributed by atoms with Crippen LogP contribution in [0.15, 0.2) is 48.5 Å². The highest BCUT2D eigenvalue weighted by Crippen LogP contribution is 2.19. The molecule has 6 nitrogen and oxygen atoms in total. The minimum Gasteiger partial charge on any atom is -0.325 e. The minimum absolute atomic E-state index is 0.138. The second-order valence-electron chi connectivity index (χ2n) is 5.79. The summed E-state index contributed by atoms with van der Waals surface area (Å²) in [5, 5.41) is 4.92. The molecular formula is C18H15ClFN3O3. The molecule has 0 spiro atoms. The lowest BCUT2D eigenvalue weighted by atomic mass is 10.1. The van der Waals surface area contributed by atoms with Crippen LogP contribution in [0, 0.1) is 5.82 Å². The Kier molecular flexibility index (Phi) is 5.18. The van der Waals surface area contributed by atoms with Crippen molar-refractivity contribution in [3.8, 4) is 0 Å². The number of benzene rings is 2. The first-order chi connectivity index (χ1) is 12.4. The molecule has 2 aromatic rings. The van der Waals surface area contributed by atoms with Crippen molar-refractivity contribution in [2.24, 2.45) is 0 Å². The van der Waals surface area contributed by atoms with Crippen LogP contribution in [0.4, 0.5) is 14.9 Å². The van der Waals surface area contributed by atoms with E-state index in [1.165, 1.54) is 12.1 Å². The lowest BCUT2D eigenvalue weighted by Crippen LogP contribution is -2.38. The van der Waals surface area contributed by atoms with Gasteiger partial charge in [0.2, 0.25) is 5.91 Å². The maximum atomic E-state index is 13.1. The predicted octanol–water partition coefficient (Wildman–Crippen LogP) is 2.58. The molecule has 1 aliphatic rings. The molecule has 3 rings (SSSR count). The Morgan fingerprint density at radius 2 is 1.92 bits per heavy atom. The molecule has 1 aliphatic heterocycles. The highest BCUT2D eigenvalue weighted by molar-refractivity contribution is 6.31. The number of imide groups is 1. The molecule has 2 N–H and O–H groups in total. The SMILES string of the molecule is O=C(CN1C(=O)N[C@H](Cc2ccccc2)C1=O)Nc1ccc(F)c(Cl)c1. The second kappa shape index (κ2) is 7.53. The van der Waals surface area contributed by atoms with Gasteiger partial charge >= 0.3 is 6.03 Å². The Balaban J connectivity index is 1.61. The zero-order valence-electron chi connectivity index (χ0n) is 13.5. The monoisotopic (exact) mass is 375 g/mol. The number of hydrogen-bond donors (Lipinski definition) is 2. The van der Waals surface area contributed by atoms with Crippen LogP contribution in [0.2, 0.25) is 5.02 Å². The van der Waals surface area contributed by atoms with E-state index in [0.717, 1.165) is 16.5 Å². The van der Waals surface area contributed by atoms with Crippen molar-refractivity contribution < 1.29 is 18.8 Å². The topological polar surface area (TPSA) is 78.5 Å². The van der Waals surface area contributed by atoms with E-state index in [-0.39, 0.29) is 10.7 Å². The Morgan fingerprint density at radius 1 is 1.19 bits per heavy atom. The zero-order valence-corrected chi connectivity index (χ0v) is 14.3. The van der Waals surface area contributed by atoms with E-state index in [1.807, 2.05) is 30.3 Å². The van der Waals surface area contributed by atoms with Crippen LogP contribution in [-0.4, -0.2) is 35.3 Å². The largest absolute Gasteiger partial charge is 0.325 e. The van der Waals surface area contributed by atoms with E-state index in [1.54, 1.807) is 0 Å². The summed E-state index contributed by atoms with van der Waals surface area (Å²) < 4.78 is 13.1. The summed E-state index contributed by atoms with van der Waals surface area (Å²) in [5.74, 6) is -1.66. The first-order valence-electron chi connectivity index (χ1n) is 7.85. The van der Waals surface area contributed by atoms with Gasteiger partial charge in [0.25, 0.3) is 5.91 Å². The Morgan fingerprint density at radius 3 is 2.62 bits per heavy atom. The number of anilines is 1. The number of nitrogens with one attached hydrogen (secondary N) is 2. The molecule has 134 valence electrons. The molecule has 0 bridgehead atoms. The molecule has 2 aromatic carbocycles. The van der Waals surface area contributed by atoms with Crippen molar-refractivity contribution in [3.05, 3.63) is 64.9 Å². The average molecular weight is 376 g/mol. The van der Waals surface area contributed by atoms with Crippen molar-refractivity contribution in [3.63, 3.8) is 0 Å². The standard InChI is InChI=1S/C18H15ClFN3O3/c19-13-9-12(6-7-14(13)20)21-16(24)10-23-17(25)15(22-18(23)26)8-11-4-2-1-3-5-11/h1-7,9,15H,8,10H2,(H,21,24)(H,22,26)/t15-/m1/s1. The summed E-state index contributed by atoms with van der Waals surface area (Å²) in [6, 6.07) is 11.6. The van der Waals surface area contributed by atoms with Crippen LogP contribution in [0.3, 0.4) is 0 Å². The van der Waals surface area contributed by atoms with Crippen LogP contribution < -0.4 is 10.6 Å². The van der Waals surface area contributed by atoms with Crippen LogP contribution in [0.25, 0.3) is 0 Å². The molecule has 0 radical (unpaired) electrons. The third-order valence-electron chi connectivity index (χ3n) is 3.89. The fourth-order valence-corrected chi connectivity index (χ4v) is 2.81. The number of amides is 4. The summed E-state index contributed by atoms with van der Waals surface area (Å²) in [7, 11) is 0. The van der Waals surface area contributed by atoms with E-state index in [2.05, 4.69) is 10.6 Å². The normalized spacial score (nSPS) is 16.5. The zero-order chi connectivity index (χ0) is 18.7. The lowest BCUT2D eigenvalue weighted by molar-refractivity contribution is -0.130. The van der Waals surface area contributed by atoms with Gasteiger partial charge in [0.1, 0.15) is 18.4 Å². The summed E-state index contributed by atoms with van der Waals surface area (Å²) in [6.45, 7) is -0.440. The molecule has 1 saturated heterocycles. The van der Waals surface area contributed by atoms with E-state index in [4.69, 9.17) is 11.6 Å². The Labute approximate surface area is 153 Å². The van der Waals surface area contributed by atoms with Crippen LogP contribution in [-0.2, 0) is 16.0 Å². The molecule has 26 heavy (non-hydrogen) atoms. The van der Waals surface area contributed by atoms with Crippen molar-refractivity contribution in [1.29, 1.82) is 0 Å². The number of hydrogen-bond acceptors (Lipinski definition) is 3. The van der Waals surface area contributed by atoms with E-state index in [9.17, 15) is 18.8 Å². The average Bonchev–Trinajstić information content (AvgIpc) is 2.86. The summed E-state index contributed by atoms with van der Waals surface area (Å²) >= 11 is 5.66. The van der Waals surface area contributed by atoms with Crippen LogP contribution in [0.5, 0.6) is 0 Å². The number of nitrogens with zero attached hydrogens (tertiary/aromatic N) is 1. The number of carbonyl (C=O) groups is 3. The molecule has 1 heterocycles. The van der Waals surface area contributed by atoms with Gasteiger partial charge in [0, 0.05) is 12.1 Å². The molecule has 4 amide bonds. The van der Waals surface area contributed by atoms with Gasteiger partial charge in [-0.3, -0.25) is 14.5 Å². The molecule has 1 fully saturated rings. The molecule has 0 saturated carbocycles. The van der Waals surface area contributed by atoms with Crippen molar-refractivity contribution in [2.45, 2.75) is 12.5 Å². The fourth-order valence-electron chi connectivity index (χ4n) is 2.63. The number of rotatable bonds is 5. The maximum Gasteiger partial charge on any atom is 0.325 e. The molecule has 0 aromatic heterocycles. The summed E-state index contributed by atoms with van der Waals surface area (Å²) in [5.41, 5.74) is 1.17. The molecule has 8 heteroatoms. The lowest BCUT2D eigenvalue weighted by Gasteiger charge is -2.13. The van der Waals surface area contributed by atoms with Gasteiger partial charge in [-0.05, 0) is 23.8 Å². The number of carbonyl (C=O) groups excluding carboxylic acids is 3. The minimum atomic E-state index is -0.710. The van der Waals surface area contributed by atoms with Gasteiger partial charge in [-0.1, -0.05) is 41.9 Å². The quantitative estimate of drug-likeness (QED) is 0.788. The van der Waals surface area contributed by atoms with Gasteiger partial charge in [0.05, 0.1) is 5.02 Å². The number of urea groups is 1. The predicted molar refractivity (Wildman–Crippen MR) is 94.2 cm³/mol. The fraction of sp³-hybridized carbons (Fsp3) is 0.167. The van der Waals surface area contributed by atoms with E-state index >= 15 is 0 Å². The maximum absolute atomic E-state index is 13.1. The van der Waals surface area contributed by atoms with Crippen molar-refractivity contribution in [1.82, 2.24) is 10.2 Å². The molecule has 0 unspecified atom stereocenters. The van der Waals surface area contributed by atoms with E-state index < -0.39 is 36.2 Å². The third-order valence-corrected chi connectivity index (χ3v) is 4.18. The van der Waals surface area contributed by atoms with Crippen molar-refractivity contribution >= 4 is 35.1 Å². The summed E-state index contributed by atoms with van der Waals surface area (Å²) in [4.78, 5) is 37.4. The van der Waals surface area contributed by atoms with Gasteiger partial charge in [0.15, 0.2) is 0 Å². The highest BCUT2D eigenvalue weighted by atomic mass is 35.5. The first-order valence-corrected chi connectivity index (χ1v) is 8.22. The summed E-state index contributed by atoms with van der Waals surface area (Å²) in [6.07, 6.45) is 0.344.